The van der Waals surface area contributed by atoms with E-state index in [9.17, 15) is 4.79 Å². The molecule has 0 atom stereocenters. The smallest absolute Gasteiger partial charge is 0.269 e. The van der Waals surface area contributed by atoms with Gasteiger partial charge >= 0.3 is 0 Å². The highest BCUT2D eigenvalue weighted by atomic mass is 35.5. The zero-order valence-electron chi connectivity index (χ0n) is 12.4. The lowest BCUT2D eigenvalue weighted by Gasteiger charge is -1.98. The number of aryl methyl sites for hydroxylation is 1. The van der Waals surface area contributed by atoms with Gasteiger partial charge in [0.25, 0.3) is 5.91 Å². The zero-order chi connectivity index (χ0) is 16.7. The van der Waals surface area contributed by atoms with Crippen molar-refractivity contribution in [2.75, 3.05) is 5.32 Å². The van der Waals surface area contributed by atoms with Crippen LogP contribution >= 0.6 is 45.8 Å². The highest BCUT2D eigenvalue weighted by Gasteiger charge is 2.18. The number of carbonyl (C=O) groups excluding carboxylic acids is 1. The molecule has 0 spiro atoms. The van der Waals surface area contributed by atoms with E-state index in [1.807, 2.05) is 43.3 Å². The first-order valence-corrected chi connectivity index (χ1v) is 9.79. The van der Waals surface area contributed by atoms with Crippen LogP contribution in [-0.4, -0.2) is 15.3 Å². The normalized spacial score (nSPS) is 11.1. The highest BCUT2D eigenvalue weighted by Crippen LogP contribution is 2.36. The summed E-state index contributed by atoms with van der Waals surface area (Å²) in [4.78, 5) is 19.6. The molecule has 0 aliphatic heterocycles. The van der Waals surface area contributed by atoms with Crippen LogP contribution in [0.15, 0.2) is 36.4 Å². The molecule has 0 bridgehead atoms. The standard InChI is InChI=1S/C16H10ClN3OS3/c1-8-6-7-11(22-8)14-18-16(24-20-14)19-15(21)13-12(17)9-4-2-3-5-10(9)23-13/h2-7H,1H3,(H,18,19,20,21). The molecule has 0 saturated carbocycles. The van der Waals surface area contributed by atoms with E-state index in [0.29, 0.717) is 20.9 Å². The Morgan fingerprint density at radius 2 is 2.00 bits per heavy atom. The second-order valence-electron chi connectivity index (χ2n) is 5.03. The van der Waals surface area contributed by atoms with Crippen molar-refractivity contribution in [3.63, 3.8) is 0 Å². The maximum Gasteiger partial charge on any atom is 0.269 e. The van der Waals surface area contributed by atoms with Gasteiger partial charge in [0.2, 0.25) is 5.13 Å². The van der Waals surface area contributed by atoms with Crippen molar-refractivity contribution in [3.05, 3.63) is 51.2 Å². The van der Waals surface area contributed by atoms with Gasteiger partial charge in [-0.2, -0.15) is 9.36 Å². The Balaban J connectivity index is 1.59. The quantitative estimate of drug-likeness (QED) is 0.487. The van der Waals surface area contributed by atoms with E-state index < -0.39 is 0 Å². The van der Waals surface area contributed by atoms with Crippen molar-refractivity contribution in [1.29, 1.82) is 0 Å². The fraction of sp³-hybridized carbons (Fsp3) is 0.0625. The molecule has 8 heteroatoms. The fourth-order valence-electron chi connectivity index (χ4n) is 2.24. The van der Waals surface area contributed by atoms with Crippen LogP contribution in [0.5, 0.6) is 0 Å². The molecule has 0 radical (unpaired) electrons. The number of aromatic nitrogens is 2. The van der Waals surface area contributed by atoms with Crippen molar-refractivity contribution in [1.82, 2.24) is 9.36 Å². The van der Waals surface area contributed by atoms with E-state index >= 15 is 0 Å². The van der Waals surface area contributed by atoms with Crippen molar-refractivity contribution < 1.29 is 4.79 Å². The minimum absolute atomic E-state index is 0.258. The van der Waals surface area contributed by atoms with Gasteiger partial charge in [-0.3, -0.25) is 10.1 Å². The Morgan fingerprint density at radius 3 is 2.75 bits per heavy atom. The Bertz CT molecular complexity index is 1050. The third-order valence-corrected chi connectivity index (χ3v) is 6.65. The van der Waals surface area contributed by atoms with Crippen LogP contribution in [0.2, 0.25) is 5.02 Å². The lowest BCUT2D eigenvalue weighted by atomic mass is 10.2. The van der Waals surface area contributed by atoms with Gasteiger partial charge in [0.15, 0.2) is 5.82 Å². The largest absolute Gasteiger partial charge is 0.296 e. The molecule has 1 N–H and O–H groups in total. The van der Waals surface area contributed by atoms with Gasteiger partial charge in [0.05, 0.1) is 9.90 Å². The fourth-order valence-corrected chi connectivity index (χ4v) is 5.09. The SMILES string of the molecule is Cc1ccc(-c2nsc(NC(=O)c3sc4ccccc4c3Cl)n2)s1. The van der Waals surface area contributed by atoms with Gasteiger partial charge in [-0.25, -0.2) is 0 Å². The molecule has 0 unspecified atom stereocenters. The van der Waals surface area contributed by atoms with Crippen LogP contribution in [0.3, 0.4) is 0 Å². The van der Waals surface area contributed by atoms with Gasteiger partial charge in [-0.1, -0.05) is 29.8 Å². The monoisotopic (exact) mass is 391 g/mol. The summed E-state index contributed by atoms with van der Waals surface area (Å²) in [5, 5.41) is 4.63. The maximum atomic E-state index is 12.5. The molecule has 1 amide bonds. The van der Waals surface area contributed by atoms with Gasteiger partial charge in [-0.15, -0.1) is 22.7 Å². The summed E-state index contributed by atoms with van der Waals surface area (Å²) < 4.78 is 5.29. The summed E-state index contributed by atoms with van der Waals surface area (Å²) >= 11 is 10.5. The molecular weight excluding hydrogens is 382 g/mol. The van der Waals surface area contributed by atoms with Crippen molar-refractivity contribution >= 4 is 66.9 Å². The molecule has 0 aliphatic carbocycles. The Hall–Kier alpha value is -1.80. The van der Waals surface area contributed by atoms with E-state index in [1.165, 1.54) is 16.2 Å². The number of carbonyl (C=O) groups is 1. The zero-order valence-corrected chi connectivity index (χ0v) is 15.6. The first kappa shape index (κ1) is 15.7. The molecule has 120 valence electrons. The number of fused-ring (bicyclic) bond motifs is 1. The number of amides is 1. The van der Waals surface area contributed by atoms with Crippen LogP contribution in [0.1, 0.15) is 14.5 Å². The minimum Gasteiger partial charge on any atom is -0.296 e. The summed E-state index contributed by atoms with van der Waals surface area (Å²) in [6.45, 7) is 2.03. The van der Waals surface area contributed by atoms with Crippen molar-refractivity contribution in [3.8, 4) is 10.7 Å². The topological polar surface area (TPSA) is 54.9 Å². The molecular formula is C16H10ClN3OS3. The minimum atomic E-state index is -0.258. The first-order valence-electron chi connectivity index (χ1n) is 7.01. The van der Waals surface area contributed by atoms with E-state index in [0.717, 1.165) is 26.5 Å². The van der Waals surface area contributed by atoms with Crippen LogP contribution < -0.4 is 5.32 Å². The third-order valence-electron chi connectivity index (χ3n) is 3.35. The van der Waals surface area contributed by atoms with Gasteiger partial charge in [-0.05, 0) is 25.1 Å². The van der Waals surface area contributed by atoms with E-state index in [-0.39, 0.29) is 5.91 Å². The number of hydrogen-bond acceptors (Lipinski definition) is 6. The van der Waals surface area contributed by atoms with Crippen LogP contribution in [0, 0.1) is 6.92 Å². The number of thiophene rings is 2. The van der Waals surface area contributed by atoms with E-state index in [1.54, 1.807) is 11.3 Å². The number of nitrogens with zero attached hydrogens (tertiary/aromatic N) is 2. The number of anilines is 1. The molecule has 4 aromatic rings. The number of benzene rings is 1. The summed E-state index contributed by atoms with van der Waals surface area (Å²) in [6, 6.07) is 11.7. The molecule has 4 nitrogen and oxygen atoms in total. The first-order chi connectivity index (χ1) is 11.6. The summed E-state index contributed by atoms with van der Waals surface area (Å²) in [6.07, 6.45) is 0. The van der Waals surface area contributed by atoms with E-state index in [2.05, 4.69) is 14.7 Å². The molecule has 3 heterocycles. The van der Waals surface area contributed by atoms with E-state index in [4.69, 9.17) is 11.6 Å². The summed E-state index contributed by atoms with van der Waals surface area (Å²) in [5.74, 6) is 0.377. The number of rotatable bonds is 3. The molecule has 0 saturated heterocycles. The second-order valence-corrected chi connectivity index (χ2v) is 8.50. The summed E-state index contributed by atoms with van der Waals surface area (Å²) in [5.41, 5.74) is 0. The Kier molecular flexibility index (Phi) is 4.09. The van der Waals surface area contributed by atoms with Crippen molar-refractivity contribution in [2.24, 2.45) is 0 Å². The van der Waals surface area contributed by atoms with Gasteiger partial charge in [0.1, 0.15) is 4.88 Å². The molecule has 24 heavy (non-hydrogen) atoms. The predicted octanol–water partition coefficient (Wildman–Crippen LogP) is 5.70. The number of hydrogen-bond donors (Lipinski definition) is 1. The van der Waals surface area contributed by atoms with Crippen LogP contribution in [0.4, 0.5) is 5.13 Å². The van der Waals surface area contributed by atoms with Crippen LogP contribution in [-0.2, 0) is 0 Å². The number of nitrogens with one attached hydrogen (secondary N) is 1. The molecule has 3 aromatic heterocycles. The lowest BCUT2D eigenvalue weighted by molar-refractivity contribution is 0.103. The molecule has 1 aromatic carbocycles. The molecule has 0 aliphatic rings. The third kappa shape index (κ3) is 2.84. The molecule has 4 rings (SSSR count). The lowest BCUT2D eigenvalue weighted by Crippen LogP contribution is -2.10. The average Bonchev–Trinajstić information content (AvgIpc) is 3.27. The Morgan fingerprint density at radius 1 is 1.17 bits per heavy atom. The average molecular weight is 392 g/mol. The van der Waals surface area contributed by atoms with Crippen molar-refractivity contribution in [2.45, 2.75) is 6.92 Å². The second kappa shape index (κ2) is 6.25. The predicted molar refractivity (Wildman–Crippen MR) is 103 cm³/mol. The highest BCUT2D eigenvalue weighted by molar-refractivity contribution is 7.21. The van der Waals surface area contributed by atoms with Gasteiger partial charge < -0.3 is 0 Å². The number of halogens is 1. The summed E-state index contributed by atoms with van der Waals surface area (Å²) in [7, 11) is 0. The molecule has 0 fully saturated rings. The van der Waals surface area contributed by atoms with Gasteiger partial charge in [0, 0.05) is 26.5 Å². The van der Waals surface area contributed by atoms with Crippen LogP contribution in [0.25, 0.3) is 20.8 Å². The Labute approximate surface area is 154 Å². The maximum absolute atomic E-state index is 12.5.